The maximum absolute atomic E-state index is 5.98. The van der Waals surface area contributed by atoms with Gasteiger partial charge in [-0.05, 0) is 18.2 Å². The predicted octanol–water partition coefficient (Wildman–Crippen LogP) is 2.83. The normalized spacial score (nSPS) is 10.5. The fourth-order valence-corrected chi connectivity index (χ4v) is 1.85. The molecule has 0 aliphatic heterocycles. The van der Waals surface area contributed by atoms with Gasteiger partial charge in [0.05, 0.1) is 16.2 Å². The maximum atomic E-state index is 5.98. The van der Waals surface area contributed by atoms with Crippen molar-refractivity contribution in [3.8, 4) is 0 Å². The first-order valence-electron chi connectivity index (χ1n) is 3.93. The van der Waals surface area contributed by atoms with E-state index >= 15 is 0 Å². The summed E-state index contributed by atoms with van der Waals surface area (Å²) in [7, 11) is 0. The molecule has 3 N–H and O–H groups in total. The highest BCUT2D eigenvalue weighted by molar-refractivity contribution is 6.38. The number of pyridine rings is 1. The number of fused-ring (bicyclic) bond motifs is 1. The third-order valence-corrected chi connectivity index (χ3v) is 2.43. The zero-order valence-electron chi connectivity index (χ0n) is 7.09. The monoisotopic (exact) mass is 227 g/mol. The highest BCUT2D eigenvalue weighted by atomic mass is 35.5. The highest BCUT2D eigenvalue weighted by Crippen LogP contribution is 2.30. The Balaban J connectivity index is 2.86. The molecule has 2 rings (SSSR count). The quantitative estimate of drug-likeness (QED) is 0.582. The Kier molecular flexibility index (Phi) is 2.46. The minimum absolute atomic E-state index is 0.518. The van der Waals surface area contributed by atoms with Crippen LogP contribution in [-0.2, 0) is 0 Å². The number of aromatic nitrogens is 1. The largest absolute Gasteiger partial charge is 0.323 e. The first kappa shape index (κ1) is 9.52. The van der Waals surface area contributed by atoms with Crippen molar-refractivity contribution >= 4 is 39.8 Å². The van der Waals surface area contributed by atoms with Crippen LogP contribution in [0.15, 0.2) is 24.4 Å². The molecule has 0 saturated heterocycles. The molecule has 0 fully saturated rings. The number of hydrogen-bond donors (Lipinski definition) is 2. The molecule has 0 unspecified atom stereocenters. The van der Waals surface area contributed by atoms with Gasteiger partial charge in [0.25, 0.3) is 0 Å². The van der Waals surface area contributed by atoms with Crippen molar-refractivity contribution in [1.29, 1.82) is 0 Å². The molecule has 3 nitrogen and oxygen atoms in total. The summed E-state index contributed by atoms with van der Waals surface area (Å²) in [4.78, 5) is 4.14. The smallest absolute Gasteiger partial charge is 0.0910 e. The van der Waals surface area contributed by atoms with Crippen molar-refractivity contribution < 1.29 is 0 Å². The summed E-state index contributed by atoms with van der Waals surface area (Å²) in [6.45, 7) is 0. The predicted molar refractivity (Wildman–Crippen MR) is 59.6 cm³/mol. The molecule has 0 spiro atoms. The molecule has 2 aromatic rings. The summed E-state index contributed by atoms with van der Waals surface area (Å²) in [6.07, 6.45) is 1.64. The molecule has 1 aromatic heterocycles. The molecule has 0 aliphatic rings. The molecule has 0 aliphatic carbocycles. The number of hydrogen-bond acceptors (Lipinski definition) is 3. The molecule has 72 valence electrons. The molecule has 0 saturated carbocycles. The Hall–Kier alpha value is -1.03. The summed E-state index contributed by atoms with van der Waals surface area (Å²) < 4.78 is 0. The van der Waals surface area contributed by atoms with Gasteiger partial charge in [0, 0.05) is 16.6 Å². The Bertz CT molecular complexity index is 485. The molecule has 0 atom stereocenters. The first-order chi connectivity index (χ1) is 6.72. The number of hydrazine groups is 1. The molecule has 0 radical (unpaired) electrons. The van der Waals surface area contributed by atoms with Crippen LogP contribution in [0.1, 0.15) is 0 Å². The van der Waals surface area contributed by atoms with E-state index in [-0.39, 0.29) is 0 Å². The number of nitrogens with two attached hydrogens (primary N) is 1. The summed E-state index contributed by atoms with van der Waals surface area (Å²) in [5.41, 5.74) is 4.00. The molecule has 0 amide bonds. The Morgan fingerprint density at radius 1 is 1.29 bits per heavy atom. The third kappa shape index (κ3) is 1.50. The SMILES string of the molecule is NNc1ccnc2c(Cl)cc(Cl)cc12. The first-order valence-corrected chi connectivity index (χ1v) is 4.68. The van der Waals surface area contributed by atoms with E-state index in [4.69, 9.17) is 29.0 Å². The number of halogens is 2. The lowest BCUT2D eigenvalue weighted by Crippen LogP contribution is -2.07. The Morgan fingerprint density at radius 3 is 2.79 bits per heavy atom. The number of nitrogen functional groups attached to an aromatic ring is 1. The van der Waals surface area contributed by atoms with Crippen LogP contribution in [-0.4, -0.2) is 4.98 Å². The molecular weight excluding hydrogens is 221 g/mol. The fourth-order valence-electron chi connectivity index (χ4n) is 1.30. The van der Waals surface area contributed by atoms with Gasteiger partial charge in [-0.25, -0.2) is 0 Å². The second kappa shape index (κ2) is 3.61. The second-order valence-electron chi connectivity index (χ2n) is 2.79. The van der Waals surface area contributed by atoms with Gasteiger partial charge >= 0.3 is 0 Å². The van der Waals surface area contributed by atoms with Crippen LogP contribution in [0.4, 0.5) is 5.69 Å². The number of anilines is 1. The number of benzene rings is 1. The lowest BCUT2D eigenvalue weighted by Gasteiger charge is -2.06. The van der Waals surface area contributed by atoms with Gasteiger partial charge in [-0.3, -0.25) is 10.8 Å². The fraction of sp³-hybridized carbons (Fsp3) is 0. The van der Waals surface area contributed by atoms with Gasteiger partial charge in [-0.1, -0.05) is 23.2 Å². The molecule has 5 heteroatoms. The average Bonchev–Trinajstić information content (AvgIpc) is 2.17. The maximum Gasteiger partial charge on any atom is 0.0910 e. The van der Waals surface area contributed by atoms with Crippen LogP contribution in [0.3, 0.4) is 0 Å². The summed E-state index contributed by atoms with van der Waals surface area (Å²) in [6, 6.07) is 5.18. The highest BCUT2D eigenvalue weighted by Gasteiger charge is 2.05. The van der Waals surface area contributed by atoms with Crippen molar-refractivity contribution in [2.24, 2.45) is 5.84 Å². The summed E-state index contributed by atoms with van der Waals surface area (Å²) in [5.74, 6) is 5.35. The van der Waals surface area contributed by atoms with Crippen LogP contribution >= 0.6 is 23.2 Å². The van der Waals surface area contributed by atoms with E-state index in [1.165, 1.54) is 0 Å². The average molecular weight is 228 g/mol. The molecule has 1 heterocycles. The van der Waals surface area contributed by atoms with Crippen LogP contribution in [0.5, 0.6) is 0 Å². The van der Waals surface area contributed by atoms with Crippen molar-refractivity contribution in [2.45, 2.75) is 0 Å². The van der Waals surface area contributed by atoms with E-state index in [0.717, 1.165) is 11.1 Å². The van der Waals surface area contributed by atoms with Crippen LogP contribution in [0.25, 0.3) is 10.9 Å². The third-order valence-electron chi connectivity index (χ3n) is 1.92. The van der Waals surface area contributed by atoms with Crippen LogP contribution in [0, 0.1) is 0 Å². The van der Waals surface area contributed by atoms with Gasteiger partial charge < -0.3 is 5.43 Å². The molecular formula is C9H7Cl2N3. The lowest BCUT2D eigenvalue weighted by molar-refractivity contribution is 1.33. The van der Waals surface area contributed by atoms with Gasteiger partial charge in [0.1, 0.15) is 0 Å². The second-order valence-corrected chi connectivity index (χ2v) is 3.63. The number of nitrogens with zero attached hydrogens (tertiary/aromatic N) is 1. The van der Waals surface area contributed by atoms with Gasteiger partial charge in [-0.2, -0.15) is 0 Å². The lowest BCUT2D eigenvalue weighted by atomic mass is 10.2. The van der Waals surface area contributed by atoms with E-state index < -0.39 is 0 Å². The molecule has 1 aromatic carbocycles. The van der Waals surface area contributed by atoms with E-state index in [1.807, 2.05) is 0 Å². The van der Waals surface area contributed by atoms with Gasteiger partial charge in [-0.15, -0.1) is 0 Å². The van der Waals surface area contributed by atoms with E-state index in [0.29, 0.717) is 15.6 Å². The topological polar surface area (TPSA) is 50.9 Å². The summed E-state index contributed by atoms with van der Waals surface area (Å²) in [5, 5.41) is 1.89. The molecule has 14 heavy (non-hydrogen) atoms. The van der Waals surface area contributed by atoms with Crippen LogP contribution < -0.4 is 11.3 Å². The Morgan fingerprint density at radius 2 is 2.07 bits per heavy atom. The zero-order valence-corrected chi connectivity index (χ0v) is 8.60. The minimum Gasteiger partial charge on any atom is -0.323 e. The van der Waals surface area contributed by atoms with E-state index in [9.17, 15) is 0 Å². The van der Waals surface area contributed by atoms with Crippen molar-refractivity contribution in [1.82, 2.24) is 4.98 Å². The summed E-state index contributed by atoms with van der Waals surface area (Å²) >= 11 is 11.8. The standard InChI is InChI=1S/C9H7Cl2N3/c10-5-3-6-8(14-12)1-2-13-9(6)7(11)4-5/h1-4H,12H2,(H,13,14). The van der Waals surface area contributed by atoms with E-state index in [1.54, 1.807) is 24.4 Å². The van der Waals surface area contributed by atoms with Gasteiger partial charge in [0.2, 0.25) is 0 Å². The molecule has 0 bridgehead atoms. The minimum atomic E-state index is 0.518. The van der Waals surface area contributed by atoms with E-state index in [2.05, 4.69) is 10.4 Å². The zero-order chi connectivity index (χ0) is 10.1. The number of rotatable bonds is 1. The van der Waals surface area contributed by atoms with Crippen molar-refractivity contribution in [3.63, 3.8) is 0 Å². The Labute approximate surface area is 90.8 Å². The van der Waals surface area contributed by atoms with Crippen LogP contribution in [0.2, 0.25) is 10.0 Å². The van der Waals surface area contributed by atoms with Gasteiger partial charge in [0.15, 0.2) is 0 Å². The number of nitrogens with one attached hydrogen (secondary N) is 1. The van der Waals surface area contributed by atoms with Crippen molar-refractivity contribution in [2.75, 3.05) is 5.43 Å². The van der Waals surface area contributed by atoms with Crippen molar-refractivity contribution in [3.05, 3.63) is 34.4 Å².